The van der Waals surface area contributed by atoms with Gasteiger partial charge in [-0.2, -0.15) is 0 Å². The second-order valence-electron chi connectivity index (χ2n) is 23.7. The number of aliphatic hydroxyl groups excluding tert-OH is 3. The molecule has 0 aromatic carbocycles. The first-order chi connectivity index (χ1) is 26.5. The maximum atomic E-state index is 13.6. The van der Waals surface area contributed by atoms with Crippen LogP contribution in [0.1, 0.15) is 184 Å². The molecule has 0 amide bonds. The van der Waals surface area contributed by atoms with E-state index >= 15 is 0 Å². The Bertz CT molecular complexity index is 1460. The van der Waals surface area contributed by atoms with E-state index in [0.29, 0.717) is 41.4 Å². The Morgan fingerprint density at radius 1 is 0.754 bits per heavy atom. The third-order valence-corrected chi connectivity index (χ3v) is 20.9. The van der Waals surface area contributed by atoms with Gasteiger partial charge >= 0.3 is 35.5 Å². The molecule has 8 aliphatic rings. The summed E-state index contributed by atoms with van der Waals surface area (Å²) in [5.41, 5.74) is 2.23. The zero-order chi connectivity index (χ0) is 39.9. The van der Waals surface area contributed by atoms with Crippen LogP contribution in [0.25, 0.3) is 0 Å². The number of hydrogen-bond donors (Lipinski definition) is 3. The van der Waals surface area contributed by atoms with E-state index in [0.717, 1.165) is 106 Å². The molecule has 0 aliphatic heterocycles. The average Bonchev–Trinajstić information content (AvgIpc) is 3.69. The first-order valence-corrected chi connectivity index (χ1v) is 24.4. The van der Waals surface area contributed by atoms with E-state index in [-0.39, 0.29) is 82.1 Å². The van der Waals surface area contributed by atoms with Crippen LogP contribution in [0.5, 0.6) is 0 Å². The SMILES string of the molecule is CC(C)CCC[C@@H](C)[C@H]1CC[C@H]2[C@@H]3CC=C4C[C@@H](OC(=O)CC[C@@H](C)[C@H]5CC[C@H]6[C@@H]7[C@H](O)C[C@@H]8C[C@H](O)CC[C@]8(C)[C@H]7C[C@H](O)[C@]56C)CC[C@]4(C)[C@H]3CC[C@]12C.[NaH]. The zero-order valence-electron chi connectivity index (χ0n) is 37.1. The van der Waals surface area contributed by atoms with Crippen molar-refractivity contribution in [2.75, 3.05) is 0 Å². The molecule has 8 aliphatic carbocycles. The molecule has 0 saturated heterocycles. The molecule has 0 bridgehead atoms. The Balaban J connectivity index is 0.00000496. The molecule has 7 saturated carbocycles. The molecule has 5 nitrogen and oxygen atoms in total. The summed E-state index contributed by atoms with van der Waals surface area (Å²) in [4.78, 5) is 13.6. The van der Waals surface area contributed by atoms with E-state index in [4.69, 9.17) is 4.74 Å². The van der Waals surface area contributed by atoms with E-state index in [1.807, 2.05) is 0 Å². The van der Waals surface area contributed by atoms with Crippen LogP contribution >= 0.6 is 0 Å². The Hall–Kier alpha value is 0.0900. The molecule has 0 unspecified atom stereocenters. The number of rotatable bonds is 10. The summed E-state index contributed by atoms with van der Waals surface area (Å²) in [6.45, 7) is 19.6. The molecule has 3 N–H and O–H groups in total. The number of aliphatic hydroxyl groups is 3. The summed E-state index contributed by atoms with van der Waals surface area (Å²) in [7, 11) is 0. The standard InChI is InChI=1S/C51H84O5.Na.H/c1-30(2)10-9-11-31(3)38-15-17-40-37-14-13-33-27-36(21-24-48(33,5)41(37)22-25-50(38,40)7)56-46(55)19-12-32(4)39-16-18-42-47-43(29-45(54)51(39,42)8)49(6)23-20-35(52)26-34(49)28-44(47)53;;/h13,30-32,34-45,47,52-54H,9-12,14-29H2,1-8H3;;/t31-,32-,34+,35-,36+,37+,38-,39-,40+,41+,42+,43+,44-,45+,47+,48+,49+,50-,51-;;/m1../s1. The van der Waals surface area contributed by atoms with Crippen molar-refractivity contribution in [1.82, 2.24) is 0 Å². The quantitative estimate of drug-likeness (QED) is 0.116. The Kier molecular flexibility index (Phi) is 13.5. The first kappa shape index (κ1) is 45.1. The second kappa shape index (κ2) is 17.0. The Labute approximate surface area is 370 Å². The normalized spacial score (nSPS) is 49.8. The molecule has 0 aromatic rings. The summed E-state index contributed by atoms with van der Waals surface area (Å²) in [6.07, 6.45) is 23.4. The van der Waals surface area contributed by atoms with Crippen molar-refractivity contribution < 1.29 is 24.9 Å². The minimum atomic E-state index is -0.388. The number of carbonyl (C=O) groups is 1. The molecule has 19 atom stereocenters. The van der Waals surface area contributed by atoms with Gasteiger partial charge in [-0.3, -0.25) is 4.79 Å². The number of hydrogen-bond acceptors (Lipinski definition) is 5. The minimum absolute atomic E-state index is 0. The van der Waals surface area contributed by atoms with Crippen LogP contribution in [0.3, 0.4) is 0 Å². The summed E-state index contributed by atoms with van der Waals surface area (Å²) in [6, 6.07) is 0. The van der Waals surface area contributed by atoms with E-state index in [1.54, 1.807) is 5.57 Å². The molecule has 0 heterocycles. The molecule has 7 fully saturated rings. The van der Waals surface area contributed by atoms with E-state index in [2.05, 4.69) is 61.5 Å². The van der Waals surface area contributed by atoms with Gasteiger partial charge in [0.25, 0.3) is 0 Å². The first-order valence-electron chi connectivity index (χ1n) is 24.4. The van der Waals surface area contributed by atoms with E-state index in [9.17, 15) is 20.1 Å². The fraction of sp³-hybridized carbons (Fsp3) is 0.941. The predicted molar refractivity (Wildman–Crippen MR) is 232 cm³/mol. The predicted octanol–water partition coefficient (Wildman–Crippen LogP) is 10.7. The van der Waals surface area contributed by atoms with Crippen molar-refractivity contribution in [1.29, 1.82) is 0 Å². The molecular formula is C51H85NaO5. The monoisotopic (exact) mass is 801 g/mol. The number of fused-ring (bicyclic) bond motifs is 10. The van der Waals surface area contributed by atoms with Crippen LogP contribution in [0.15, 0.2) is 11.6 Å². The molecule has 57 heavy (non-hydrogen) atoms. The van der Waals surface area contributed by atoms with Gasteiger partial charge in [0, 0.05) is 12.8 Å². The number of esters is 1. The van der Waals surface area contributed by atoms with Crippen LogP contribution in [0.2, 0.25) is 0 Å². The third-order valence-electron chi connectivity index (χ3n) is 20.9. The number of ether oxygens (including phenoxy) is 1. The molecule has 0 spiro atoms. The Morgan fingerprint density at radius 3 is 2.21 bits per heavy atom. The maximum absolute atomic E-state index is 13.6. The zero-order valence-corrected chi connectivity index (χ0v) is 37.1. The van der Waals surface area contributed by atoms with Crippen molar-refractivity contribution >= 4 is 35.5 Å². The van der Waals surface area contributed by atoms with Gasteiger partial charge in [-0.05, 0) is 189 Å². The van der Waals surface area contributed by atoms with Gasteiger partial charge in [0.15, 0.2) is 0 Å². The second-order valence-corrected chi connectivity index (χ2v) is 23.7. The van der Waals surface area contributed by atoms with Crippen LogP contribution in [0, 0.1) is 92.7 Å². The average molecular weight is 801 g/mol. The van der Waals surface area contributed by atoms with E-state index < -0.39 is 0 Å². The van der Waals surface area contributed by atoms with Gasteiger partial charge in [0.05, 0.1) is 18.3 Å². The van der Waals surface area contributed by atoms with Gasteiger partial charge in [-0.15, -0.1) is 0 Å². The van der Waals surface area contributed by atoms with Gasteiger partial charge in [0.2, 0.25) is 0 Å². The molecular weight excluding hydrogens is 716 g/mol. The van der Waals surface area contributed by atoms with Gasteiger partial charge in [0.1, 0.15) is 6.10 Å². The molecule has 6 heteroatoms. The summed E-state index contributed by atoms with van der Waals surface area (Å²) in [5.74, 6) is 6.86. The van der Waals surface area contributed by atoms with Gasteiger partial charge in [-0.25, -0.2) is 0 Å². The molecule has 8 rings (SSSR count). The van der Waals surface area contributed by atoms with Crippen molar-refractivity contribution in [3.8, 4) is 0 Å². The molecule has 320 valence electrons. The van der Waals surface area contributed by atoms with Crippen LogP contribution in [-0.2, 0) is 9.53 Å². The number of carbonyl (C=O) groups excluding carboxylic acids is 1. The summed E-state index contributed by atoms with van der Waals surface area (Å²) >= 11 is 0. The van der Waals surface area contributed by atoms with Gasteiger partial charge < -0.3 is 20.1 Å². The van der Waals surface area contributed by atoms with Crippen LogP contribution in [0.4, 0.5) is 0 Å². The summed E-state index contributed by atoms with van der Waals surface area (Å²) < 4.78 is 6.33. The Morgan fingerprint density at radius 2 is 1.46 bits per heavy atom. The summed E-state index contributed by atoms with van der Waals surface area (Å²) in [5, 5.41) is 34.2. The fourth-order valence-corrected chi connectivity index (χ4v) is 17.7. The topological polar surface area (TPSA) is 87.0 Å². The van der Waals surface area contributed by atoms with E-state index in [1.165, 1.54) is 51.4 Å². The van der Waals surface area contributed by atoms with Crippen molar-refractivity contribution in [2.45, 2.75) is 208 Å². The van der Waals surface area contributed by atoms with Gasteiger partial charge in [-0.1, -0.05) is 86.3 Å². The van der Waals surface area contributed by atoms with Crippen molar-refractivity contribution in [2.24, 2.45) is 92.7 Å². The van der Waals surface area contributed by atoms with Crippen LogP contribution in [-0.4, -0.2) is 75.3 Å². The third kappa shape index (κ3) is 7.69. The van der Waals surface area contributed by atoms with Crippen LogP contribution < -0.4 is 0 Å². The van der Waals surface area contributed by atoms with Crippen molar-refractivity contribution in [3.05, 3.63) is 11.6 Å². The fourth-order valence-electron chi connectivity index (χ4n) is 17.7. The molecule has 0 radical (unpaired) electrons. The molecule has 0 aromatic heterocycles. The number of allylic oxidation sites excluding steroid dienone is 1. The van der Waals surface area contributed by atoms with Crippen molar-refractivity contribution in [3.63, 3.8) is 0 Å².